The van der Waals surface area contributed by atoms with Crippen molar-refractivity contribution in [1.29, 1.82) is 0 Å². The number of hydrogen-bond acceptors (Lipinski definition) is 3. The van der Waals surface area contributed by atoms with Crippen molar-refractivity contribution in [3.63, 3.8) is 0 Å². The zero-order valence-corrected chi connectivity index (χ0v) is 12.3. The van der Waals surface area contributed by atoms with E-state index in [0.717, 1.165) is 16.8 Å². The van der Waals surface area contributed by atoms with Crippen molar-refractivity contribution in [2.24, 2.45) is 0 Å². The van der Waals surface area contributed by atoms with E-state index in [2.05, 4.69) is 10.1 Å². The van der Waals surface area contributed by atoms with E-state index in [0.29, 0.717) is 22.4 Å². The third kappa shape index (κ3) is 3.17. The number of hydrogen-bond donors (Lipinski definition) is 2. The molecule has 3 N–H and O–H groups in total. The molecular weight excluding hydrogens is 321 g/mol. The molecule has 124 valence electrons. The van der Waals surface area contributed by atoms with E-state index in [1.807, 2.05) is 0 Å². The van der Waals surface area contributed by atoms with Crippen molar-refractivity contribution in [2.75, 3.05) is 5.73 Å². The predicted octanol–water partition coefficient (Wildman–Crippen LogP) is 2.89. The summed E-state index contributed by atoms with van der Waals surface area (Å²) in [7, 11) is 0. The molecule has 1 heterocycles. The Morgan fingerprint density at radius 1 is 1.12 bits per heavy atom. The maximum Gasteiger partial charge on any atom is 0.416 e. The molecule has 0 spiro atoms. The van der Waals surface area contributed by atoms with Crippen LogP contribution in [0.5, 0.6) is 0 Å². The number of halogens is 3. The molecule has 3 rings (SSSR count). The summed E-state index contributed by atoms with van der Waals surface area (Å²) in [4.78, 5) is 14.0. The van der Waals surface area contributed by atoms with E-state index in [-0.39, 0.29) is 6.54 Å². The van der Waals surface area contributed by atoms with E-state index < -0.39 is 17.4 Å². The monoisotopic (exact) mass is 334 g/mol. The van der Waals surface area contributed by atoms with Gasteiger partial charge in [0, 0.05) is 5.69 Å². The van der Waals surface area contributed by atoms with E-state index in [4.69, 9.17) is 5.73 Å². The molecular formula is C16H13F3N4O. The molecule has 0 aliphatic heterocycles. The first-order chi connectivity index (χ1) is 11.3. The van der Waals surface area contributed by atoms with Crippen LogP contribution in [0.3, 0.4) is 0 Å². The van der Waals surface area contributed by atoms with Crippen LogP contribution < -0.4 is 11.4 Å². The van der Waals surface area contributed by atoms with Gasteiger partial charge in [0.25, 0.3) is 0 Å². The number of aromatic nitrogens is 3. The molecule has 1 aromatic heterocycles. The van der Waals surface area contributed by atoms with Crippen LogP contribution >= 0.6 is 0 Å². The van der Waals surface area contributed by atoms with Crippen molar-refractivity contribution in [3.8, 4) is 11.1 Å². The second kappa shape index (κ2) is 5.88. The van der Waals surface area contributed by atoms with Gasteiger partial charge in [0.15, 0.2) is 0 Å². The Balaban J connectivity index is 2.12. The molecule has 5 nitrogen and oxygen atoms in total. The minimum absolute atomic E-state index is 0.0557. The van der Waals surface area contributed by atoms with Crippen LogP contribution in [0, 0.1) is 0 Å². The maximum absolute atomic E-state index is 13.0. The summed E-state index contributed by atoms with van der Waals surface area (Å²) < 4.78 is 40.2. The molecule has 8 heteroatoms. The fourth-order valence-corrected chi connectivity index (χ4v) is 2.38. The average molecular weight is 334 g/mol. The van der Waals surface area contributed by atoms with Crippen LogP contribution in [-0.2, 0) is 12.7 Å². The van der Waals surface area contributed by atoms with Crippen molar-refractivity contribution in [2.45, 2.75) is 12.7 Å². The number of aromatic amines is 1. The normalized spacial score (nSPS) is 11.6. The Bertz CT molecular complexity index is 910. The quantitative estimate of drug-likeness (QED) is 0.723. The topological polar surface area (TPSA) is 76.7 Å². The number of H-pyrrole nitrogens is 1. The molecule has 3 aromatic rings. The van der Waals surface area contributed by atoms with Gasteiger partial charge in [-0.3, -0.25) is 4.98 Å². The van der Waals surface area contributed by atoms with Gasteiger partial charge in [-0.2, -0.15) is 18.3 Å². The van der Waals surface area contributed by atoms with Crippen LogP contribution in [0.1, 0.15) is 11.1 Å². The van der Waals surface area contributed by atoms with Gasteiger partial charge >= 0.3 is 11.9 Å². The minimum atomic E-state index is -4.45. The Morgan fingerprint density at radius 3 is 2.42 bits per heavy atom. The van der Waals surface area contributed by atoms with Gasteiger partial charge in [-0.15, -0.1) is 0 Å². The minimum Gasteiger partial charge on any atom is -0.399 e. The first-order valence-corrected chi connectivity index (χ1v) is 7.01. The number of alkyl halides is 3. The average Bonchev–Trinajstić information content (AvgIpc) is 2.93. The number of nitrogens with one attached hydrogen (secondary N) is 1. The third-order valence-electron chi connectivity index (χ3n) is 3.60. The van der Waals surface area contributed by atoms with Crippen molar-refractivity contribution < 1.29 is 13.2 Å². The fraction of sp³-hybridized carbons (Fsp3) is 0.125. The van der Waals surface area contributed by atoms with Gasteiger partial charge in [-0.05, 0) is 41.0 Å². The van der Waals surface area contributed by atoms with Crippen LogP contribution in [0.2, 0.25) is 0 Å². The molecule has 0 aliphatic rings. The Labute approximate surface area is 134 Å². The second-order valence-electron chi connectivity index (χ2n) is 5.24. The van der Waals surface area contributed by atoms with E-state index >= 15 is 0 Å². The number of rotatable bonds is 3. The van der Waals surface area contributed by atoms with Crippen LogP contribution in [0.25, 0.3) is 11.1 Å². The lowest BCUT2D eigenvalue weighted by atomic mass is 9.96. The fourth-order valence-electron chi connectivity index (χ4n) is 2.38. The largest absolute Gasteiger partial charge is 0.416 e. The van der Waals surface area contributed by atoms with E-state index in [1.54, 1.807) is 24.3 Å². The molecule has 0 atom stereocenters. The molecule has 0 saturated carbocycles. The molecule has 0 saturated heterocycles. The first kappa shape index (κ1) is 15.9. The predicted molar refractivity (Wildman–Crippen MR) is 83.2 cm³/mol. The summed E-state index contributed by atoms with van der Waals surface area (Å²) in [6.07, 6.45) is -3.22. The summed E-state index contributed by atoms with van der Waals surface area (Å²) in [5.74, 6) is 0. The zero-order valence-electron chi connectivity index (χ0n) is 12.3. The maximum atomic E-state index is 13.0. The molecule has 0 radical (unpaired) electrons. The smallest absolute Gasteiger partial charge is 0.399 e. The molecule has 0 amide bonds. The highest BCUT2D eigenvalue weighted by molar-refractivity contribution is 5.70. The second-order valence-corrected chi connectivity index (χ2v) is 5.24. The summed E-state index contributed by atoms with van der Waals surface area (Å²) in [6, 6.07) is 9.92. The molecule has 2 aromatic carbocycles. The number of anilines is 1. The Morgan fingerprint density at radius 2 is 1.83 bits per heavy atom. The molecule has 0 bridgehead atoms. The number of nitrogen functional groups attached to an aromatic ring is 1. The number of nitrogens with two attached hydrogens (primary N) is 1. The van der Waals surface area contributed by atoms with Gasteiger partial charge in [0.2, 0.25) is 0 Å². The lowest BCUT2D eigenvalue weighted by Gasteiger charge is -2.14. The van der Waals surface area contributed by atoms with Crippen molar-refractivity contribution in [3.05, 3.63) is 70.4 Å². The van der Waals surface area contributed by atoms with Gasteiger partial charge in [0.05, 0.1) is 12.1 Å². The third-order valence-corrected chi connectivity index (χ3v) is 3.60. The van der Waals surface area contributed by atoms with Crippen LogP contribution in [0.4, 0.5) is 18.9 Å². The number of nitrogens with zero attached hydrogens (tertiary/aromatic N) is 2. The molecule has 0 unspecified atom stereocenters. The lowest BCUT2D eigenvalue weighted by molar-refractivity contribution is -0.137. The number of benzene rings is 2. The molecule has 0 fully saturated rings. The standard InChI is InChI=1S/C16H13F3N4O/c17-16(18,19)12-4-1-11(8-23-15(24)21-9-22-23)14(7-12)10-2-5-13(20)6-3-10/h1-7,9H,8,20H2,(H,21,22,24). The van der Waals surface area contributed by atoms with Crippen molar-refractivity contribution >= 4 is 5.69 Å². The highest BCUT2D eigenvalue weighted by atomic mass is 19.4. The van der Waals surface area contributed by atoms with Gasteiger partial charge in [0.1, 0.15) is 6.33 Å². The first-order valence-electron chi connectivity index (χ1n) is 7.01. The summed E-state index contributed by atoms with van der Waals surface area (Å²) in [5, 5.41) is 3.84. The SMILES string of the molecule is Nc1ccc(-c2cc(C(F)(F)F)ccc2Cn2nc[nH]c2=O)cc1. The van der Waals surface area contributed by atoms with E-state index in [9.17, 15) is 18.0 Å². The van der Waals surface area contributed by atoms with Crippen LogP contribution in [0.15, 0.2) is 53.6 Å². The Hall–Kier alpha value is -3.03. The summed E-state index contributed by atoms with van der Waals surface area (Å²) in [6.45, 7) is 0.0557. The van der Waals surface area contributed by atoms with Crippen LogP contribution in [-0.4, -0.2) is 14.8 Å². The summed E-state index contributed by atoms with van der Waals surface area (Å²) >= 11 is 0. The van der Waals surface area contributed by atoms with Crippen molar-refractivity contribution in [1.82, 2.24) is 14.8 Å². The summed E-state index contributed by atoms with van der Waals surface area (Å²) in [5.41, 5.74) is 6.45. The zero-order chi connectivity index (χ0) is 17.3. The highest BCUT2D eigenvalue weighted by Gasteiger charge is 2.31. The van der Waals surface area contributed by atoms with Gasteiger partial charge < -0.3 is 5.73 Å². The lowest BCUT2D eigenvalue weighted by Crippen LogP contribution is -2.19. The Kier molecular flexibility index (Phi) is 3.88. The van der Waals surface area contributed by atoms with Gasteiger partial charge in [-0.25, -0.2) is 9.48 Å². The molecule has 24 heavy (non-hydrogen) atoms. The van der Waals surface area contributed by atoms with Gasteiger partial charge in [-0.1, -0.05) is 18.2 Å². The molecule has 0 aliphatic carbocycles. The van der Waals surface area contributed by atoms with E-state index in [1.165, 1.54) is 12.4 Å². The highest BCUT2D eigenvalue weighted by Crippen LogP contribution is 2.34.